The summed E-state index contributed by atoms with van der Waals surface area (Å²) < 4.78 is 0. The van der Waals surface area contributed by atoms with Gasteiger partial charge in [-0.1, -0.05) is 17.7 Å². The smallest absolute Gasteiger partial charge is 0.0367 e. The van der Waals surface area contributed by atoms with Gasteiger partial charge < -0.3 is 10.2 Å². The van der Waals surface area contributed by atoms with Crippen LogP contribution in [-0.4, -0.2) is 25.7 Å². The number of hydrogen-bond donors (Lipinski definition) is 1. The van der Waals surface area contributed by atoms with E-state index >= 15 is 0 Å². The zero-order valence-corrected chi connectivity index (χ0v) is 9.95. The highest BCUT2D eigenvalue weighted by Gasteiger charge is 2.33. The van der Waals surface area contributed by atoms with E-state index in [-0.39, 0.29) is 0 Å². The van der Waals surface area contributed by atoms with Gasteiger partial charge in [0.2, 0.25) is 0 Å². The van der Waals surface area contributed by atoms with E-state index in [1.54, 1.807) is 0 Å². The second-order valence-corrected chi connectivity index (χ2v) is 5.18. The van der Waals surface area contributed by atoms with Gasteiger partial charge in [0.15, 0.2) is 0 Å². The molecular formula is C14H20N2. The van der Waals surface area contributed by atoms with Crippen LogP contribution >= 0.6 is 0 Å². The van der Waals surface area contributed by atoms with Crippen LogP contribution in [0.3, 0.4) is 0 Å². The summed E-state index contributed by atoms with van der Waals surface area (Å²) in [5.74, 6) is 0.952. The minimum atomic E-state index is 0.732. The molecule has 0 amide bonds. The minimum Gasteiger partial charge on any atom is -0.369 e. The van der Waals surface area contributed by atoms with Crippen LogP contribution in [0.25, 0.3) is 0 Å². The van der Waals surface area contributed by atoms with E-state index in [1.807, 2.05) is 0 Å². The first-order valence-electron chi connectivity index (χ1n) is 6.38. The van der Waals surface area contributed by atoms with Gasteiger partial charge in [0.05, 0.1) is 0 Å². The third-order valence-corrected chi connectivity index (χ3v) is 3.80. The average molecular weight is 216 g/mol. The van der Waals surface area contributed by atoms with Crippen molar-refractivity contribution in [2.24, 2.45) is 5.92 Å². The molecule has 1 atom stereocenters. The Bertz CT molecular complexity index is 354. The maximum atomic E-state index is 3.65. The number of nitrogens with one attached hydrogen (secondary N) is 1. The van der Waals surface area contributed by atoms with Crippen LogP contribution in [0, 0.1) is 12.8 Å². The third kappa shape index (κ3) is 2.07. The Morgan fingerprint density at radius 2 is 1.94 bits per heavy atom. The Labute approximate surface area is 97.6 Å². The summed E-state index contributed by atoms with van der Waals surface area (Å²) in [5, 5.41) is 3.65. The van der Waals surface area contributed by atoms with E-state index in [0.717, 1.165) is 25.0 Å². The van der Waals surface area contributed by atoms with E-state index in [2.05, 4.69) is 41.4 Å². The minimum absolute atomic E-state index is 0.732. The fourth-order valence-corrected chi connectivity index (χ4v) is 2.58. The molecule has 2 aliphatic rings. The summed E-state index contributed by atoms with van der Waals surface area (Å²) in [6.45, 7) is 5.61. The molecule has 1 aliphatic heterocycles. The zero-order chi connectivity index (χ0) is 11.0. The van der Waals surface area contributed by atoms with Crippen LogP contribution in [0.15, 0.2) is 24.3 Å². The summed E-state index contributed by atoms with van der Waals surface area (Å²) >= 11 is 0. The molecule has 2 fully saturated rings. The van der Waals surface area contributed by atoms with Gasteiger partial charge in [0.25, 0.3) is 0 Å². The van der Waals surface area contributed by atoms with Crippen LogP contribution < -0.4 is 10.2 Å². The van der Waals surface area contributed by atoms with Crippen LogP contribution in [0.1, 0.15) is 18.4 Å². The lowest BCUT2D eigenvalue weighted by molar-refractivity contribution is 0.419. The summed E-state index contributed by atoms with van der Waals surface area (Å²) in [5.41, 5.74) is 2.73. The largest absolute Gasteiger partial charge is 0.369 e. The number of aryl methyl sites for hydroxylation is 1. The molecule has 86 valence electrons. The Kier molecular flexibility index (Phi) is 2.60. The first-order chi connectivity index (χ1) is 7.83. The zero-order valence-electron chi connectivity index (χ0n) is 9.95. The Hall–Kier alpha value is -1.02. The highest BCUT2D eigenvalue weighted by Crippen LogP contribution is 2.34. The molecular weight excluding hydrogens is 196 g/mol. The van der Waals surface area contributed by atoms with E-state index in [9.17, 15) is 0 Å². The second-order valence-electron chi connectivity index (χ2n) is 5.18. The molecule has 1 unspecified atom stereocenters. The maximum absolute atomic E-state index is 3.65. The fraction of sp³-hybridized carbons (Fsp3) is 0.571. The molecule has 0 bridgehead atoms. The first kappa shape index (κ1) is 10.2. The van der Waals surface area contributed by atoms with E-state index in [4.69, 9.17) is 0 Å². The number of piperazine rings is 1. The van der Waals surface area contributed by atoms with Gasteiger partial charge in [0, 0.05) is 31.4 Å². The van der Waals surface area contributed by atoms with Gasteiger partial charge in [0.1, 0.15) is 0 Å². The molecule has 1 aliphatic carbocycles. The standard InChI is InChI=1S/C14H20N2/c1-11-2-6-13(7-3-11)16-9-8-15-14(10-16)12-4-5-12/h2-3,6-7,12,14-15H,4-5,8-10H2,1H3. The molecule has 3 rings (SSSR count). The second kappa shape index (κ2) is 4.10. The molecule has 1 aromatic rings. The molecule has 0 spiro atoms. The topological polar surface area (TPSA) is 15.3 Å². The number of benzene rings is 1. The molecule has 1 saturated carbocycles. The SMILES string of the molecule is Cc1ccc(N2CCNC(C3CC3)C2)cc1. The van der Waals surface area contributed by atoms with Crippen LogP contribution in [0.4, 0.5) is 5.69 Å². The Balaban J connectivity index is 1.71. The number of anilines is 1. The summed E-state index contributed by atoms with van der Waals surface area (Å²) in [6.07, 6.45) is 2.86. The number of rotatable bonds is 2. The summed E-state index contributed by atoms with van der Waals surface area (Å²) in [7, 11) is 0. The van der Waals surface area contributed by atoms with Gasteiger partial charge in [-0.15, -0.1) is 0 Å². The molecule has 2 nitrogen and oxygen atoms in total. The van der Waals surface area contributed by atoms with Gasteiger partial charge in [-0.25, -0.2) is 0 Å². The number of hydrogen-bond acceptors (Lipinski definition) is 2. The van der Waals surface area contributed by atoms with Crippen molar-refractivity contribution in [3.05, 3.63) is 29.8 Å². The van der Waals surface area contributed by atoms with Gasteiger partial charge in [-0.2, -0.15) is 0 Å². The van der Waals surface area contributed by atoms with Crippen molar-refractivity contribution in [2.45, 2.75) is 25.8 Å². The molecule has 0 radical (unpaired) electrons. The first-order valence-corrected chi connectivity index (χ1v) is 6.38. The Morgan fingerprint density at radius 1 is 1.19 bits per heavy atom. The lowest BCUT2D eigenvalue weighted by Crippen LogP contribution is -2.51. The lowest BCUT2D eigenvalue weighted by Gasteiger charge is -2.35. The van der Waals surface area contributed by atoms with E-state index in [1.165, 1.54) is 30.6 Å². The predicted molar refractivity (Wildman–Crippen MR) is 67.9 cm³/mol. The van der Waals surface area contributed by atoms with Gasteiger partial charge in [-0.3, -0.25) is 0 Å². The summed E-state index contributed by atoms with van der Waals surface area (Å²) in [4.78, 5) is 2.53. The number of nitrogens with zero attached hydrogens (tertiary/aromatic N) is 1. The van der Waals surface area contributed by atoms with Crippen molar-refractivity contribution < 1.29 is 0 Å². The average Bonchev–Trinajstić information content (AvgIpc) is 3.14. The van der Waals surface area contributed by atoms with Crippen LogP contribution in [0.5, 0.6) is 0 Å². The van der Waals surface area contributed by atoms with Crippen molar-refractivity contribution in [3.8, 4) is 0 Å². The maximum Gasteiger partial charge on any atom is 0.0367 e. The van der Waals surface area contributed by atoms with E-state index in [0.29, 0.717) is 0 Å². The molecule has 2 heteroatoms. The van der Waals surface area contributed by atoms with Gasteiger partial charge >= 0.3 is 0 Å². The van der Waals surface area contributed by atoms with Crippen LogP contribution in [0.2, 0.25) is 0 Å². The molecule has 1 N–H and O–H groups in total. The fourth-order valence-electron chi connectivity index (χ4n) is 2.58. The highest BCUT2D eigenvalue weighted by molar-refractivity contribution is 5.48. The predicted octanol–water partition coefficient (Wildman–Crippen LogP) is 2.18. The third-order valence-electron chi connectivity index (χ3n) is 3.80. The van der Waals surface area contributed by atoms with Crippen molar-refractivity contribution >= 4 is 5.69 Å². The summed E-state index contributed by atoms with van der Waals surface area (Å²) in [6, 6.07) is 9.66. The quantitative estimate of drug-likeness (QED) is 0.815. The molecule has 16 heavy (non-hydrogen) atoms. The van der Waals surface area contributed by atoms with Crippen molar-refractivity contribution in [1.29, 1.82) is 0 Å². The Morgan fingerprint density at radius 3 is 2.62 bits per heavy atom. The van der Waals surface area contributed by atoms with Crippen molar-refractivity contribution in [1.82, 2.24) is 5.32 Å². The van der Waals surface area contributed by atoms with Crippen LogP contribution in [-0.2, 0) is 0 Å². The normalized spacial score (nSPS) is 25.8. The van der Waals surface area contributed by atoms with E-state index < -0.39 is 0 Å². The van der Waals surface area contributed by atoms with Crippen molar-refractivity contribution in [3.63, 3.8) is 0 Å². The molecule has 0 aromatic heterocycles. The highest BCUT2D eigenvalue weighted by atomic mass is 15.2. The van der Waals surface area contributed by atoms with Gasteiger partial charge in [-0.05, 0) is 37.8 Å². The molecule has 1 saturated heterocycles. The molecule has 1 aromatic carbocycles. The van der Waals surface area contributed by atoms with Crippen molar-refractivity contribution in [2.75, 3.05) is 24.5 Å². The monoisotopic (exact) mass is 216 g/mol. The lowest BCUT2D eigenvalue weighted by atomic mass is 10.1. The molecule has 1 heterocycles.